The molecule has 0 aliphatic heterocycles. The minimum absolute atomic E-state index is 0.0915. The number of rotatable bonds is 6. The van der Waals surface area contributed by atoms with E-state index in [1.54, 1.807) is 11.3 Å². The Morgan fingerprint density at radius 3 is 2.94 bits per heavy atom. The van der Waals surface area contributed by atoms with Crippen molar-refractivity contribution in [3.8, 4) is 0 Å². The lowest BCUT2D eigenvalue weighted by Gasteiger charge is -2.11. The number of aryl methyl sites for hydroxylation is 1. The summed E-state index contributed by atoms with van der Waals surface area (Å²) in [6, 6.07) is 0.553. The van der Waals surface area contributed by atoms with E-state index in [0.717, 1.165) is 17.1 Å². The molecule has 100 valence electrons. The lowest BCUT2D eigenvalue weighted by atomic mass is 10.2. The first kappa shape index (κ1) is 13.5. The monoisotopic (exact) mass is 267 g/mol. The number of thiazole rings is 1. The zero-order valence-electron chi connectivity index (χ0n) is 10.9. The van der Waals surface area contributed by atoms with E-state index in [2.05, 4.69) is 21.0 Å². The fraction of sp³-hybridized carbons (Fsp3) is 0.692. The van der Waals surface area contributed by atoms with Gasteiger partial charge in [-0.25, -0.2) is 4.98 Å². The number of amides is 1. The molecule has 4 nitrogen and oxygen atoms in total. The molecule has 1 heterocycles. The molecular formula is C13H21N3OS. The molecule has 2 rings (SSSR count). The first-order valence-electron chi connectivity index (χ1n) is 6.65. The van der Waals surface area contributed by atoms with E-state index in [1.807, 2.05) is 6.92 Å². The Morgan fingerprint density at radius 1 is 1.50 bits per heavy atom. The van der Waals surface area contributed by atoms with Gasteiger partial charge in [-0.3, -0.25) is 4.79 Å². The maximum Gasteiger partial charge on any atom is 0.233 e. The molecule has 0 radical (unpaired) electrons. The van der Waals surface area contributed by atoms with E-state index in [-0.39, 0.29) is 5.91 Å². The molecule has 1 aliphatic rings. The van der Waals surface area contributed by atoms with E-state index in [9.17, 15) is 4.79 Å². The van der Waals surface area contributed by atoms with Crippen molar-refractivity contribution in [2.45, 2.75) is 45.1 Å². The molecule has 1 aliphatic carbocycles. The maximum absolute atomic E-state index is 11.6. The van der Waals surface area contributed by atoms with Gasteiger partial charge >= 0.3 is 0 Å². The van der Waals surface area contributed by atoms with Gasteiger partial charge in [0.25, 0.3) is 0 Å². The highest BCUT2D eigenvalue weighted by Gasteiger charge is 2.14. The molecule has 0 saturated heterocycles. The third kappa shape index (κ3) is 4.38. The highest BCUT2D eigenvalue weighted by molar-refractivity contribution is 7.09. The van der Waals surface area contributed by atoms with Crippen molar-refractivity contribution in [3.63, 3.8) is 0 Å². The van der Waals surface area contributed by atoms with Gasteiger partial charge in [0.1, 0.15) is 0 Å². The second kappa shape index (κ2) is 6.85. The second-order valence-corrected chi connectivity index (χ2v) is 5.88. The molecule has 0 atom stereocenters. The molecule has 1 aromatic heterocycles. The fourth-order valence-electron chi connectivity index (χ4n) is 2.28. The van der Waals surface area contributed by atoms with Crippen molar-refractivity contribution in [2.75, 3.05) is 13.1 Å². The molecule has 1 saturated carbocycles. The normalized spacial score (nSPS) is 16.1. The number of carbonyl (C=O) groups is 1. The number of nitrogens with one attached hydrogen (secondary N) is 2. The number of hydrogen-bond acceptors (Lipinski definition) is 4. The summed E-state index contributed by atoms with van der Waals surface area (Å²) in [6.45, 7) is 3.12. The average molecular weight is 267 g/mol. The number of hydrogen-bond donors (Lipinski definition) is 2. The minimum atomic E-state index is 0.0915. The largest absolute Gasteiger partial charge is 0.355 e. The van der Waals surface area contributed by atoms with Crippen molar-refractivity contribution >= 4 is 17.2 Å². The summed E-state index contributed by atoms with van der Waals surface area (Å²) in [6.07, 6.45) is 5.83. The van der Waals surface area contributed by atoms with Crippen LogP contribution in [-0.2, 0) is 11.2 Å². The van der Waals surface area contributed by atoms with Crippen LogP contribution < -0.4 is 10.6 Å². The Kier molecular flexibility index (Phi) is 5.13. The van der Waals surface area contributed by atoms with Gasteiger partial charge in [-0.05, 0) is 19.8 Å². The van der Waals surface area contributed by atoms with E-state index in [4.69, 9.17) is 0 Å². The van der Waals surface area contributed by atoms with E-state index in [1.165, 1.54) is 25.7 Å². The topological polar surface area (TPSA) is 54.0 Å². The van der Waals surface area contributed by atoms with Crippen LogP contribution in [0.3, 0.4) is 0 Å². The second-order valence-electron chi connectivity index (χ2n) is 4.82. The Labute approximate surface area is 112 Å². The lowest BCUT2D eigenvalue weighted by Crippen LogP contribution is -2.38. The van der Waals surface area contributed by atoms with Gasteiger partial charge in [0.15, 0.2) is 0 Å². The summed E-state index contributed by atoms with van der Waals surface area (Å²) in [7, 11) is 0. The van der Waals surface area contributed by atoms with E-state index < -0.39 is 0 Å². The zero-order chi connectivity index (χ0) is 12.8. The van der Waals surface area contributed by atoms with Crippen LogP contribution in [0.15, 0.2) is 5.38 Å². The maximum atomic E-state index is 11.6. The third-order valence-electron chi connectivity index (χ3n) is 3.28. The summed E-state index contributed by atoms with van der Waals surface area (Å²) < 4.78 is 0. The minimum Gasteiger partial charge on any atom is -0.355 e. The molecule has 1 fully saturated rings. The molecule has 0 aromatic carbocycles. The van der Waals surface area contributed by atoms with Crippen LogP contribution >= 0.6 is 11.3 Å². The van der Waals surface area contributed by atoms with Gasteiger partial charge in [0.05, 0.1) is 17.2 Å². The number of aromatic nitrogens is 1. The van der Waals surface area contributed by atoms with Gasteiger partial charge in [0, 0.05) is 24.4 Å². The molecule has 0 bridgehead atoms. The SMILES string of the molecule is Cc1nc(CCNC(=O)CNC2CCCC2)cs1. The van der Waals surface area contributed by atoms with Crippen LogP contribution in [0.1, 0.15) is 36.4 Å². The third-order valence-corrected chi connectivity index (χ3v) is 4.10. The predicted molar refractivity (Wildman–Crippen MR) is 73.8 cm³/mol. The summed E-state index contributed by atoms with van der Waals surface area (Å²) in [5, 5.41) is 9.37. The van der Waals surface area contributed by atoms with Crippen molar-refractivity contribution in [1.29, 1.82) is 0 Å². The average Bonchev–Trinajstić information content (AvgIpc) is 2.98. The van der Waals surface area contributed by atoms with Gasteiger partial charge in [0.2, 0.25) is 5.91 Å². The Hall–Kier alpha value is -0.940. The quantitative estimate of drug-likeness (QED) is 0.824. The molecular weight excluding hydrogens is 246 g/mol. The zero-order valence-corrected chi connectivity index (χ0v) is 11.7. The number of carbonyl (C=O) groups excluding carboxylic acids is 1. The molecule has 0 spiro atoms. The smallest absolute Gasteiger partial charge is 0.233 e. The summed E-state index contributed by atoms with van der Waals surface area (Å²) in [4.78, 5) is 16.0. The van der Waals surface area contributed by atoms with Crippen molar-refractivity contribution in [2.24, 2.45) is 0 Å². The Morgan fingerprint density at radius 2 is 2.28 bits per heavy atom. The van der Waals surface area contributed by atoms with Crippen LogP contribution in [0.25, 0.3) is 0 Å². The Bertz CT molecular complexity index is 385. The lowest BCUT2D eigenvalue weighted by molar-refractivity contribution is -0.120. The van der Waals surface area contributed by atoms with Crippen molar-refractivity contribution < 1.29 is 4.79 Å². The van der Waals surface area contributed by atoms with Crippen molar-refractivity contribution in [3.05, 3.63) is 16.1 Å². The fourth-order valence-corrected chi connectivity index (χ4v) is 2.93. The van der Waals surface area contributed by atoms with E-state index in [0.29, 0.717) is 19.1 Å². The van der Waals surface area contributed by atoms with Crippen LogP contribution in [0.4, 0.5) is 0 Å². The first-order chi connectivity index (χ1) is 8.74. The van der Waals surface area contributed by atoms with Crippen LogP contribution in [0.5, 0.6) is 0 Å². The molecule has 5 heteroatoms. The highest BCUT2D eigenvalue weighted by Crippen LogP contribution is 2.17. The standard InChI is InChI=1S/C13H21N3OS/c1-10-16-12(9-18-10)6-7-14-13(17)8-15-11-4-2-3-5-11/h9,11,15H,2-8H2,1H3,(H,14,17). The number of nitrogens with zero attached hydrogens (tertiary/aromatic N) is 1. The van der Waals surface area contributed by atoms with E-state index >= 15 is 0 Å². The van der Waals surface area contributed by atoms with Gasteiger partial charge in [-0.1, -0.05) is 12.8 Å². The molecule has 0 unspecified atom stereocenters. The van der Waals surface area contributed by atoms with Crippen LogP contribution in [0, 0.1) is 6.92 Å². The highest BCUT2D eigenvalue weighted by atomic mass is 32.1. The summed E-state index contributed by atoms with van der Waals surface area (Å²) >= 11 is 1.65. The molecule has 1 aromatic rings. The predicted octanol–water partition coefficient (Wildman–Crippen LogP) is 1.64. The van der Waals surface area contributed by atoms with Crippen LogP contribution in [-0.4, -0.2) is 30.0 Å². The Balaban J connectivity index is 1.57. The summed E-state index contributed by atoms with van der Waals surface area (Å²) in [5.41, 5.74) is 1.07. The van der Waals surface area contributed by atoms with Gasteiger partial charge < -0.3 is 10.6 Å². The summed E-state index contributed by atoms with van der Waals surface area (Å²) in [5.74, 6) is 0.0915. The van der Waals surface area contributed by atoms with Gasteiger partial charge in [-0.2, -0.15) is 0 Å². The van der Waals surface area contributed by atoms with Gasteiger partial charge in [-0.15, -0.1) is 11.3 Å². The first-order valence-corrected chi connectivity index (χ1v) is 7.53. The molecule has 1 amide bonds. The van der Waals surface area contributed by atoms with Crippen LogP contribution in [0.2, 0.25) is 0 Å². The molecule has 2 N–H and O–H groups in total. The molecule has 18 heavy (non-hydrogen) atoms. The van der Waals surface area contributed by atoms with Crippen molar-refractivity contribution in [1.82, 2.24) is 15.6 Å².